The molecule has 0 saturated heterocycles. The lowest BCUT2D eigenvalue weighted by Crippen LogP contribution is -2.09. The van der Waals surface area contributed by atoms with Gasteiger partial charge in [0, 0.05) is 15.7 Å². The van der Waals surface area contributed by atoms with Crippen molar-refractivity contribution >= 4 is 28.9 Å². The van der Waals surface area contributed by atoms with Gasteiger partial charge in [-0.15, -0.1) is 0 Å². The predicted octanol–water partition coefficient (Wildman–Crippen LogP) is 5.56. The molecule has 1 unspecified atom stereocenters. The van der Waals surface area contributed by atoms with Crippen LogP contribution in [0.15, 0.2) is 48.5 Å². The monoisotopic (exact) mass is 279 g/mol. The lowest BCUT2D eigenvalue weighted by molar-refractivity contribution is 0.749. The fourth-order valence-corrected chi connectivity index (χ4v) is 2.12. The quantitative estimate of drug-likeness (QED) is 0.773. The number of nitrogens with one attached hydrogen (secondary N) is 1. The Morgan fingerprint density at radius 1 is 0.889 bits per heavy atom. The van der Waals surface area contributed by atoms with Crippen molar-refractivity contribution < 1.29 is 0 Å². The number of halogens is 2. The molecule has 18 heavy (non-hydrogen) atoms. The highest BCUT2D eigenvalue weighted by Crippen LogP contribution is 2.24. The molecule has 0 amide bonds. The molecule has 0 bridgehead atoms. The van der Waals surface area contributed by atoms with Gasteiger partial charge in [-0.25, -0.2) is 0 Å². The molecule has 0 heterocycles. The molecule has 2 aromatic rings. The third-order valence-electron chi connectivity index (χ3n) is 2.87. The molecule has 0 spiro atoms. The van der Waals surface area contributed by atoms with E-state index >= 15 is 0 Å². The third-order valence-corrected chi connectivity index (χ3v) is 3.37. The molecule has 0 aliphatic heterocycles. The molecule has 1 nitrogen and oxygen atoms in total. The van der Waals surface area contributed by atoms with Crippen LogP contribution in [-0.4, -0.2) is 0 Å². The van der Waals surface area contributed by atoms with E-state index in [0.717, 1.165) is 22.2 Å². The van der Waals surface area contributed by atoms with E-state index in [1.165, 1.54) is 5.56 Å². The first-order chi connectivity index (χ1) is 8.69. The van der Waals surface area contributed by atoms with Gasteiger partial charge in [-0.3, -0.25) is 0 Å². The summed E-state index contributed by atoms with van der Waals surface area (Å²) in [5.74, 6) is 0. The molecule has 0 saturated carbocycles. The first-order valence-electron chi connectivity index (χ1n) is 5.96. The summed E-state index contributed by atoms with van der Waals surface area (Å²) < 4.78 is 0. The topological polar surface area (TPSA) is 12.0 Å². The van der Waals surface area contributed by atoms with E-state index in [4.69, 9.17) is 23.2 Å². The molecule has 0 fully saturated rings. The van der Waals surface area contributed by atoms with Gasteiger partial charge in [0.1, 0.15) is 0 Å². The fraction of sp³-hybridized carbons (Fsp3) is 0.200. The minimum absolute atomic E-state index is 0.281. The van der Waals surface area contributed by atoms with Gasteiger partial charge in [-0.1, -0.05) is 42.3 Å². The summed E-state index contributed by atoms with van der Waals surface area (Å²) in [5, 5.41) is 5.00. The summed E-state index contributed by atoms with van der Waals surface area (Å²) >= 11 is 11.8. The van der Waals surface area contributed by atoms with Gasteiger partial charge >= 0.3 is 0 Å². The van der Waals surface area contributed by atoms with Crippen LogP contribution in [0.4, 0.5) is 5.69 Å². The molecule has 0 aliphatic carbocycles. The molecule has 2 rings (SSSR count). The van der Waals surface area contributed by atoms with Gasteiger partial charge in [-0.2, -0.15) is 0 Å². The highest BCUT2D eigenvalue weighted by Gasteiger charge is 2.08. The van der Waals surface area contributed by atoms with Crippen molar-refractivity contribution in [3.8, 4) is 0 Å². The Balaban J connectivity index is 2.14. The summed E-state index contributed by atoms with van der Waals surface area (Å²) in [7, 11) is 0. The molecule has 94 valence electrons. The zero-order valence-electron chi connectivity index (χ0n) is 10.2. The number of hydrogen-bond donors (Lipinski definition) is 1. The molecule has 3 heteroatoms. The van der Waals surface area contributed by atoms with Crippen LogP contribution >= 0.6 is 23.2 Å². The van der Waals surface area contributed by atoms with Crippen molar-refractivity contribution in [2.45, 2.75) is 19.4 Å². The molecule has 1 atom stereocenters. The summed E-state index contributed by atoms with van der Waals surface area (Å²) in [6.07, 6.45) is 1.00. The second kappa shape index (κ2) is 6.12. The van der Waals surface area contributed by atoms with E-state index in [1.54, 1.807) is 0 Å². The Kier molecular flexibility index (Phi) is 4.51. The molecule has 2 aromatic carbocycles. The largest absolute Gasteiger partial charge is 0.378 e. The van der Waals surface area contributed by atoms with E-state index in [0.29, 0.717) is 0 Å². The van der Waals surface area contributed by atoms with Gasteiger partial charge in [0.15, 0.2) is 0 Å². The SMILES string of the molecule is CCC(Nc1ccc(Cl)cc1)c1ccc(Cl)cc1. The van der Waals surface area contributed by atoms with Gasteiger partial charge in [0.2, 0.25) is 0 Å². The van der Waals surface area contributed by atoms with Crippen molar-refractivity contribution in [2.24, 2.45) is 0 Å². The molecular weight excluding hydrogens is 265 g/mol. The van der Waals surface area contributed by atoms with Crippen LogP contribution < -0.4 is 5.32 Å². The van der Waals surface area contributed by atoms with Crippen LogP contribution in [0.25, 0.3) is 0 Å². The summed E-state index contributed by atoms with van der Waals surface area (Å²) in [5.41, 5.74) is 2.30. The van der Waals surface area contributed by atoms with Gasteiger partial charge in [0.05, 0.1) is 6.04 Å². The van der Waals surface area contributed by atoms with Crippen LogP contribution in [0, 0.1) is 0 Å². The van der Waals surface area contributed by atoms with Crippen molar-refractivity contribution in [2.75, 3.05) is 5.32 Å². The molecular formula is C15H15Cl2N. The summed E-state index contributed by atoms with van der Waals surface area (Å²) in [4.78, 5) is 0. The zero-order valence-corrected chi connectivity index (χ0v) is 11.7. The average Bonchev–Trinajstić information content (AvgIpc) is 2.39. The van der Waals surface area contributed by atoms with Crippen LogP contribution in [-0.2, 0) is 0 Å². The van der Waals surface area contributed by atoms with E-state index in [-0.39, 0.29) is 6.04 Å². The van der Waals surface area contributed by atoms with Crippen LogP contribution in [0.2, 0.25) is 10.0 Å². The molecule has 0 radical (unpaired) electrons. The van der Waals surface area contributed by atoms with E-state index in [9.17, 15) is 0 Å². The smallest absolute Gasteiger partial charge is 0.0511 e. The highest BCUT2D eigenvalue weighted by atomic mass is 35.5. The minimum Gasteiger partial charge on any atom is -0.378 e. The second-order valence-corrected chi connectivity index (χ2v) is 5.04. The zero-order chi connectivity index (χ0) is 13.0. The number of rotatable bonds is 4. The van der Waals surface area contributed by atoms with Crippen molar-refractivity contribution in [1.82, 2.24) is 0 Å². The lowest BCUT2D eigenvalue weighted by atomic mass is 10.0. The normalized spacial score (nSPS) is 12.2. The van der Waals surface area contributed by atoms with Crippen molar-refractivity contribution in [3.63, 3.8) is 0 Å². The molecule has 0 aliphatic rings. The summed E-state index contributed by atoms with van der Waals surface area (Å²) in [6.45, 7) is 2.15. The van der Waals surface area contributed by atoms with E-state index in [1.807, 2.05) is 36.4 Å². The van der Waals surface area contributed by atoms with E-state index in [2.05, 4.69) is 24.4 Å². The Labute approximate surface area is 118 Å². The first-order valence-corrected chi connectivity index (χ1v) is 6.72. The van der Waals surface area contributed by atoms with Gasteiger partial charge in [-0.05, 0) is 48.4 Å². The fourth-order valence-electron chi connectivity index (χ4n) is 1.86. The number of benzene rings is 2. The lowest BCUT2D eigenvalue weighted by Gasteiger charge is -2.19. The maximum atomic E-state index is 5.90. The minimum atomic E-state index is 0.281. The predicted molar refractivity (Wildman–Crippen MR) is 79.6 cm³/mol. The van der Waals surface area contributed by atoms with Gasteiger partial charge in [0.25, 0.3) is 0 Å². The number of hydrogen-bond acceptors (Lipinski definition) is 1. The van der Waals surface area contributed by atoms with Crippen LogP contribution in [0.5, 0.6) is 0 Å². The summed E-state index contributed by atoms with van der Waals surface area (Å²) in [6, 6.07) is 16.0. The average molecular weight is 280 g/mol. The Morgan fingerprint density at radius 2 is 1.39 bits per heavy atom. The Bertz CT molecular complexity index is 491. The number of anilines is 1. The Hall–Kier alpha value is -1.18. The van der Waals surface area contributed by atoms with Crippen molar-refractivity contribution in [1.29, 1.82) is 0 Å². The highest BCUT2D eigenvalue weighted by molar-refractivity contribution is 6.30. The van der Waals surface area contributed by atoms with Crippen LogP contribution in [0.3, 0.4) is 0 Å². The standard InChI is InChI=1S/C15H15Cl2N/c1-2-15(11-3-5-12(16)6-4-11)18-14-9-7-13(17)8-10-14/h3-10,15,18H,2H2,1H3. The van der Waals surface area contributed by atoms with Gasteiger partial charge < -0.3 is 5.32 Å². The Morgan fingerprint density at radius 3 is 1.89 bits per heavy atom. The van der Waals surface area contributed by atoms with E-state index < -0.39 is 0 Å². The maximum absolute atomic E-state index is 5.90. The van der Waals surface area contributed by atoms with Crippen molar-refractivity contribution in [3.05, 3.63) is 64.1 Å². The maximum Gasteiger partial charge on any atom is 0.0511 e. The third kappa shape index (κ3) is 3.41. The molecule has 1 N–H and O–H groups in total. The second-order valence-electron chi connectivity index (χ2n) is 4.16. The first kappa shape index (κ1) is 13.3. The van der Waals surface area contributed by atoms with Crippen LogP contribution in [0.1, 0.15) is 24.9 Å². The molecule has 0 aromatic heterocycles.